The number of carbonyl (C=O) groups excluding carboxylic acids is 1. The zero-order valence-electron chi connectivity index (χ0n) is 15.1. The van der Waals surface area contributed by atoms with Crippen molar-refractivity contribution in [3.63, 3.8) is 0 Å². The number of nitrogens with two attached hydrogens (primary N) is 1. The molecule has 0 spiro atoms. The van der Waals surface area contributed by atoms with Crippen LogP contribution in [0.15, 0.2) is 0 Å². The Morgan fingerprint density at radius 1 is 1.00 bits per heavy atom. The molecule has 0 aromatic heterocycles. The predicted octanol–water partition coefficient (Wildman–Crippen LogP) is -0.388. The Balaban J connectivity index is 1.57. The third kappa shape index (κ3) is 4.16. The topological polar surface area (TPSA) is 96.2 Å². The highest BCUT2D eigenvalue weighted by molar-refractivity contribution is 7.86. The molecular formula is C16H30N4O4S. The van der Waals surface area contributed by atoms with Crippen LogP contribution in [-0.4, -0.2) is 85.4 Å². The molecule has 3 aliphatic rings. The van der Waals surface area contributed by atoms with Crippen LogP contribution < -0.4 is 5.73 Å². The maximum atomic E-state index is 12.9. The quantitative estimate of drug-likeness (QED) is 0.726. The van der Waals surface area contributed by atoms with E-state index in [1.807, 2.05) is 13.8 Å². The first-order valence-corrected chi connectivity index (χ1v) is 10.6. The highest BCUT2D eigenvalue weighted by Crippen LogP contribution is 2.27. The highest BCUT2D eigenvalue weighted by atomic mass is 32.2. The summed E-state index contributed by atoms with van der Waals surface area (Å²) in [6.07, 6.45) is 2.29. The fourth-order valence-corrected chi connectivity index (χ4v) is 5.87. The Kier molecular flexibility index (Phi) is 5.69. The van der Waals surface area contributed by atoms with Crippen molar-refractivity contribution in [1.29, 1.82) is 0 Å². The van der Waals surface area contributed by atoms with Crippen LogP contribution in [0.5, 0.6) is 0 Å². The molecule has 2 heterocycles. The standard InChI is InChI=1S/C16H30N4O4S/c1-12-10-20(11-13(2)24-12)25(22,23)19-7-5-18(6-8-19)16(21)14-3-4-15(17)9-14/h12-15H,3-11,17H2,1-2H3. The van der Waals surface area contributed by atoms with Gasteiger partial charge in [-0.2, -0.15) is 17.0 Å². The predicted molar refractivity (Wildman–Crippen MR) is 94.0 cm³/mol. The summed E-state index contributed by atoms with van der Waals surface area (Å²) < 4.78 is 34.4. The zero-order chi connectivity index (χ0) is 18.2. The molecule has 0 aromatic carbocycles. The number of hydrogen-bond acceptors (Lipinski definition) is 5. The number of rotatable bonds is 3. The lowest BCUT2D eigenvalue weighted by Crippen LogP contribution is -2.58. The SMILES string of the molecule is CC1CN(S(=O)(=O)N2CCN(C(=O)C3CCC(N)C3)CC2)CC(C)O1. The van der Waals surface area contributed by atoms with Crippen molar-refractivity contribution >= 4 is 16.1 Å². The lowest BCUT2D eigenvalue weighted by Gasteiger charge is -2.40. The number of morpholine rings is 1. The van der Waals surface area contributed by atoms with Gasteiger partial charge in [0.15, 0.2) is 0 Å². The minimum absolute atomic E-state index is 0.0131. The molecule has 0 radical (unpaired) electrons. The molecule has 1 saturated carbocycles. The van der Waals surface area contributed by atoms with Crippen LogP contribution in [0.25, 0.3) is 0 Å². The van der Waals surface area contributed by atoms with Crippen molar-refractivity contribution in [1.82, 2.24) is 13.5 Å². The van der Waals surface area contributed by atoms with E-state index in [4.69, 9.17) is 10.5 Å². The zero-order valence-corrected chi connectivity index (χ0v) is 16.0. The number of nitrogens with zero attached hydrogens (tertiary/aromatic N) is 3. The second-order valence-electron chi connectivity index (χ2n) is 7.58. The van der Waals surface area contributed by atoms with Crippen molar-refractivity contribution in [2.45, 2.75) is 51.4 Å². The fraction of sp³-hybridized carbons (Fsp3) is 0.938. The van der Waals surface area contributed by atoms with E-state index < -0.39 is 10.2 Å². The Hall–Kier alpha value is -0.740. The Morgan fingerprint density at radius 3 is 2.12 bits per heavy atom. The van der Waals surface area contributed by atoms with Gasteiger partial charge in [0, 0.05) is 51.2 Å². The molecule has 25 heavy (non-hydrogen) atoms. The normalized spacial score (nSPS) is 35.9. The summed E-state index contributed by atoms with van der Waals surface area (Å²) in [7, 11) is -3.50. The highest BCUT2D eigenvalue weighted by Gasteiger charge is 2.38. The average molecular weight is 375 g/mol. The van der Waals surface area contributed by atoms with E-state index in [1.165, 1.54) is 8.61 Å². The second kappa shape index (κ2) is 7.48. The van der Waals surface area contributed by atoms with Gasteiger partial charge in [0.2, 0.25) is 5.91 Å². The Morgan fingerprint density at radius 2 is 1.60 bits per heavy atom. The molecule has 1 aliphatic carbocycles. The van der Waals surface area contributed by atoms with Crippen molar-refractivity contribution in [3.8, 4) is 0 Å². The van der Waals surface area contributed by atoms with Gasteiger partial charge in [-0.15, -0.1) is 0 Å². The molecule has 3 fully saturated rings. The van der Waals surface area contributed by atoms with Gasteiger partial charge in [-0.05, 0) is 33.1 Å². The third-order valence-electron chi connectivity index (χ3n) is 5.41. The summed E-state index contributed by atoms with van der Waals surface area (Å²) in [5.74, 6) is 0.151. The minimum atomic E-state index is -3.50. The largest absolute Gasteiger partial charge is 0.373 e. The maximum absolute atomic E-state index is 12.9. The molecule has 0 bridgehead atoms. The van der Waals surface area contributed by atoms with Crippen molar-refractivity contribution < 1.29 is 17.9 Å². The van der Waals surface area contributed by atoms with Crippen LogP contribution in [-0.2, 0) is 19.7 Å². The summed E-state index contributed by atoms with van der Waals surface area (Å²) in [5.41, 5.74) is 5.90. The van der Waals surface area contributed by atoms with Gasteiger partial charge >= 0.3 is 0 Å². The lowest BCUT2D eigenvalue weighted by atomic mass is 10.1. The molecule has 4 atom stereocenters. The molecule has 4 unspecified atom stereocenters. The molecule has 144 valence electrons. The summed E-state index contributed by atoms with van der Waals surface area (Å²) >= 11 is 0. The van der Waals surface area contributed by atoms with E-state index in [2.05, 4.69) is 0 Å². The van der Waals surface area contributed by atoms with E-state index in [-0.39, 0.29) is 30.1 Å². The lowest BCUT2D eigenvalue weighted by molar-refractivity contribution is -0.136. The van der Waals surface area contributed by atoms with Crippen LogP contribution in [0.3, 0.4) is 0 Å². The molecule has 2 N–H and O–H groups in total. The molecule has 0 aromatic rings. The first kappa shape index (κ1) is 19.0. The maximum Gasteiger partial charge on any atom is 0.282 e. The Labute approximate surface area is 150 Å². The van der Waals surface area contributed by atoms with Crippen molar-refractivity contribution in [2.75, 3.05) is 39.3 Å². The molecule has 9 heteroatoms. The average Bonchev–Trinajstić information content (AvgIpc) is 3.00. The van der Waals surface area contributed by atoms with E-state index in [0.29, 0.717) is 39.3 Å². The summed E-state index contributed by atoms with van der Waals surface area (Å²) in [4.78, 5) is 14.4. The first-order chi connectivity index (χ1) is 11.8. The molecule has 2 aliphatic heterocycles. The number of hydrogen-bond donors (Lipinski definition) is 1. The molecular weight excluding hydrogens is 344 g/mol. The van der Waals surface area contributed by atoms with Gasteiger partial charge in [0.05, 0.1) is 12.2 Å². The number of carbonyl (C=O) groups is 1. The van der Waals surface area contributed by atoms with Crippen LogP contribution in [0.4, 0.5) is 0 Å². The van der Waals surface area contributed by atoms with Gasteiger partial charge < -0.3 is 15.4 Å². The number of ether oxygens (including phenoxy) is 1. The van der Waals surface area contributed by atoms with E-state index in [1.54, 1.807) is 4.90 Å². The third-order valence-corrected chi connectivity index (χ3v) is 7.38. The minimum Gasteiger partial charge on any atom is -0.373 e. The van der Waals surface area contributed by atoms with Crippen LogP contribution >= 0.6 is 0 Å². The summed E-state index contributed by atoms with van der Waals surface area (Å²) in [6, 6.07) is 0.126. The number of piperazine rings is 1. The first-order valence-electron chi connectivity index (χ1n) is 9.22. The van der Waals surface area contributed by atoms with Crippen LogP contribution in [0, 0.1) is 5.92 Å². The monoisotopic (exact) mass is 374 g/mol. The molecule has 2 saturated heterocycles. The van der Waals surface area contributed by atoms with Crippen molar-refractivity contribution in [3.05, 3.63) is 0 Å². The van der Waals surface area contributed by atoms with Crippen LogP contribution in [0.2, 0.25) is 0 Å². The van der Waals surface area contributed by atoms with E-state index in [0.717, 1.165) is 19.3 Å². The Bertz CT molecular complexity index is 581. The van der Waals surface area contributed by atoms with Gasteiger partial charge in [0.1, 0.15) is 0 Å². The van der Waals surface area contributed by atoms with E-state index in [9.17, 15) is 13.2 Å². The number of amides is 1. The van der Waals surface area contributed by atoms with Gasteiger partial charge in [-0.3, -0.25) is 4.79 Å². The molecule has 8 nitrogen and oxygen atoms in total. The van der Waals surface area contributed by atoms with Crippen LogP contribution in [0.1, 0.15) is 33.1 Å². The van der Waals surface area contributed by atoms with E-state index >= 15 is 0 Å². The second-order valence-corrected chi connectivity index (χ2v) is 9.50. The summed E-state index contributed by atoms with van der Waals surface area (Å²) in [5, 5.41) is 0. The van der Waals surface area contributed by atoms with Gasteiger partial charge in [-0.1, -0.05) is 0 Å². The van der Waals surface area contributed by atoms with Gasteiger partial charge in [-0.25, -0.2) is 0 Å². The molecule has 1 amide bonds. The molecule has 3 rings (SSSR count). The van der Waals surface area contributed by atoms with Crippen molar-refractivity contribution in [2.24, 2.45) is 11.7 Å². The summed E-state index contributed by atoms with van der Waals surface area (Å²) in [6.45, 7) is 6.16. The fourth-order valence-electron chi connectivity index (χ4n) is 4.12. The smallest absolute Gasteiger partial charge is 0.282 e. The van der Waals surface area contributed by atoms with Gasteiger partial charge in [0.25, 0.3) is 10.2 Å².